The molecule has 0 spiro atoms. The highest BCUT2D eigenvalue weighted by molar-refractivity contribution is 5.68. The molecule has 0 unspecified atom stereocenters. The first kappa shape index (κ1) is 15.8. The fourth-order valence-electron chi connectivity index (χ4n) is 2.81. The molecule has 1 N–H and O–H groups in total. The topological polar surface area (TPSA) is 54.2 Å². The monoisotopic (exact) mass is 316 g/mol. The van der Waals surface area contributed by atoms with Crippen molar-refractivity contribution in [2.24, 2.45) is 0 Å². The molecule has 1 fully saturated rings. The summed E-state index contributed by atoms with van der Waals surface area (Å²) < 4.78 is 14.8. The Hall–Kier alpha value is -2.05. The van der Waals surface area contributed by atoms with E-state index in [0.29, 0.717) is 5.69 Å². The molecule has 1 aliphatic heterocycles. The summed E-state index contributed by atoms with van der Waals surface area (Å²) in [6.45, 7) is 3.82. The minimum atomic E-state index is -0.254. The first-order chi connectivity index (χ1) is 11.3. The Labute approximate surface area is 135 Å². The molecule has 0 aliphatic carbocycles. The summed E-state index contributed by atoms with van der Waals surface area (Å²) in [6, 6.07) is 6.27. The summed E-state index contributed by atoms with van der Waals surface area (Å²) in [6.07, 6.45) is 6.28. The van der Waals surface area contributed by atoms with Crippen LogP contribution in [0, 0.1) is 5.82 Å². The van der Waals surface area contributed by atoms with Gasteiger partial charge in [-0.3, -0.25) is 0 Å². The predicted molar refractivity (Wildman–Crippen MR) is 86.9 cm³/mol. The molecule has 3 rings (SSSR count). The van der Waals surface area contributed by atoms with Crippen molar-refractivity contribution in [1.82, 2.24) is 19.9 Å². The fourth-order valence-corrected chi connectivity index (χ4v) is 2.81. The number of benzene rings is 1. The number of nitrogens with zero attached hydrogens (tertiary/aromatic N) is 4. The van der Waals surface area contributed by atoms with Gasteiger partial charge in [-0.2, -0.15) is 0 Å². The minimum absolute atomic E-state index is 0.146. The van der Waals surface area contributed by atoms with Crippen LogP contribution in [0.5, 0.6) is 0 Å². The first-order valence-electron chi connectivity index (χ1n) is 7.95. The second-order valence-corrected chi connectivity index (χ2v) is 5.74. The molecule has 6 heteroatoms. The smallest absolute Gasteiger partial charge is 0.123 e. The van der Waals surface area contributed by atoms with Crippen LogP contribution >= 0.6 is 0 Å². The van der Waals surface area contributed by atoms with E-state index in [1.165, 1.54) is 25.0 Å². The number of halogens is 1. The van der Waals surface area contributed by atoms with Crippen LogP contribution < -0.4 is 0 Å². The lowest BCUT2D eigenvalue weighted by Gasteiger charge is -2.14. The molecular weight excluding hydrogens is 295 g/mol. The van der Waals surface area contributed by atoms with Crippen molar-refractivity contribution in [3.8, 4) is 0 Å². The van der Waals surface area contributed by atoms with Gasteiger partial charge >= 0.3 is 0 Å². The van der Waals surface area contributed by atoms with E-state index in [4.69, 9.17) is 0 Å². The van der Waals surface area contributed by atoms with Crippen LogP contribution in [-0.2, 0) is 13.2 Å². The Balaban J connectivity index is 1.73. The van der Waals surface area contributed by atoms with Gasteiger partial charge in [0.1, 0.15) is 11.5 Å². The molecule has 1 aliphatic rings. The van der Waals surface area contributed by atoms with E-state index < -0.39 is 0 Å². The Bertz CT molecular complexity index is 660. The summed E-state index contributed by atoms with van der Waals surface area (Å²) in [4.78, 5) is 2.41. The number of rotatable bonds is 6. The average molecular weight is 316 g/mol. The van der Waals surface area contributed by atoms with Crippen LogP contribution in [-0.4, -0.2) is 44.6 Å². The highest BCUT2D eigenvalue weighted by Crippen LogP contribution is 2.13. The summed E-state index contributed by atoms with van der Waals surface area (Å²) in [5.74, 6) is -0.254. The van der Waals surface area contributed by atoms with Gasteiger partial charge in [0, 0.05) is 6.54 Å². The Morgan fingerprint density at radius 1 is 1.09 bits per heavy atom. The Kier molecular flexibility index (Phi) is 5.15. The Morgan fingerprint density at radius 2 is 1.83 bits per heavy atom. The van der Waals surface area contributed by atoms with Gasteiger partial charge in [0.25, 0.3) is 0 Å². The molecule has 0 atom stereocenters. The fraction of sp³-hybridized carbons (Fsp3) is 0.412. The van der Waals surface area contributed by atoms with Crippen molar-refractivity contribution < 1.29 is 9.50 Å². The molecule has 0 saturated carbocycles. The lowest BCUT2D eigenvalue weighted by molar-refractivity contribution is 0.276. The summed E-state index contributed by atoms with van der Waals surface area (Å²) in [7, 11) is 0. The third-order valence-electron chi connectivity index (χ3n) is 4.13. The van der Waals surface area contributed by atoms with Gasteiger partial charge in [0.15, 0.2) is 0 Å². The molecule has 5 nitrogen and oxygen atoms in total. The molecular formula is C17H21FN4O. The molecule has 0 radical (unpaired) electrons. The zero-order valence-electron chi connectivity index (χ0n) is 13.0. The van der Waals surface area contributed by atoms with Crippen molar-refractivity contribution in [1.29, 1.82) is 0 Å². The van der Waals surface area contributed by atoms with Crippen LogP contribution in [0.25, 0.3) is 12.2 Å². The lowest BCUT2D eigenvalue weighted by Crippen LogP contribution is -2.24. The van der Waals surface area contributed by atoms with Crippen molar-refractivity contribution in [3.05, 3.63) is 47.0 Å². The lowest BCUT2D eigenvalue weighted by atomic mass is 10.2. The van der Waals surface area contributed by atoms with Gasteiger partial charge in [-0.15, -0.1) is 5.10 Å². The average Bonchev–Trinajstić information content (AvgIpc) is 3.21. The molecule has 2 aromatic rings. The quantitative estimate of drug-likeness (QED) is 0.887. The van der Waals surface area contributed by atoms with Gasteiger partial charge in [-0.05, 0) is 49.7 Å². The molecule has 1 aromatic carbocycles. The molecule has 0 amide bonds. The SMILES string of the molecule is OCc1nnn(CCN2CCCC2)c1/C=C/c1ccc(F)cc1. The van der Waals surface area contributed by atoms with E-state index in [1.54, 1.807) is 12.1 Å². The maximum absolute atomic E-state index is 12.9. The largest absolute Gasteiger partial charge is 0.390 e. The maximum atomic E-state index is 12.9. The number of aliphatic hydroxyl groups is 1. The first-order valence-corrected chi connectivity index (χ1v) is 7.95. The van der Waals surface area contributed by atoms with Crippen LogP contribution in [0.15, 0.2) is 24.3 Å². The molecule has 0 bridgehead atoms. The molecule has 2 heterocycles. The van der Waals surface area contributed by atoms with Gasteiger partial charge in [0.05, 0.1) is 18.8 Å². The third kappa shape index (κ3) is 4.03. The van der Waals surface area contributed by atoms with Gasteiger partial charge in [-0.25, -0.2) is 9.07 Å². The van der Waals surface area contributed by atoms with Crippen molar-refractivity contribution in [3.63, 3.8) is 0 Å². The van der Waals surface area contributed by atoms with Crippen LogP contribution in [0.2, 0.25) is 0 Å². The van der Waals surface area contributed by atoms with Crippen LogP contribution in [0.3, 0.4) is 0 Å². The summed E-state index contributed by atoms with van der Waals surface area (Å²) >= 11 is 0. The number of aromatic nitrogens is 3. The van der Waals surface area contributed by atoms with Gasteiger partial charge in [-0.1, -0.05) is 23.4 Å². The molecule has 23 heavy (non-hydrogen) atoms. The predicted octanol–water partition coefficient (Wildman–Crippen LogP) is 2.18. The van der Waals surface area contributed by atoms with E-state index in [0.717, 1.165) is 37.4 Å². The van der Waals surface area contributed by atoms with Crippen LogP contribution in [0.1, 0.15) is 29.8 Å². The van der Waals surface area contributed by atoms with E-state index in [1.807, 2.05) is 16.8 Å². The van der Waals surface area contributed by atoms with E-state index in [2.05, 4.69) is 15.2 Å². The molecule has 1 saturated heterocycles. The Morgan fingerprint density at radius 3 is 2.52 bits per heavy atom. The molecule has 122 valence electrons. The number of hydrogen-bond donors (Lipinski definition) is 1. The van der Waals surface area contributed by atoms with Gasteiger partial charge < -0.3 is 10.0 Å². The van der Waals surface area contributed by atoms with Crippen molar-refractivity contribution in [2.75, 3.05) is 19.6 Å². The molecule has 1 aromatic heterocycles. The number of aliphatic hydroxyl groups excluding tert-OH is 1. The number of hydrogen-bond acceptors (Lipinski definition) is 4. The third-order valence-corrected chi connectivity index (χ3v) is 4.13. The number of likely N-dealkylation sites (tertiary alicyclic amines) is 1. The van der Waals surface area contributed by atoms with Crippen molar-refractivity contribution in [2.45, 2.75) is 26.0 Å². The zero-order valence-corrected chi connectivity index (χ0v) is 13.0. The van der Waals surface area contributed by atoms with E-state index in [9.17, 15) is 9.50 Å². The highest BCUT2D eigenvalue weighted by atomic mass is 19.1. The maximum Gasteiger partial charge on any atom is 0.123 e. The second-order valence-electron chi connectivity index (χ2n) is 5.74. The summed E-state index contributed by atoms with van der Waals surface area (Å²) in [5.41, 5.74) is 2.25. The summed E-state index contributed by atoms with van der Waals surface area (Å²) in [5, 5.41) is 17.6. The van der Waals surface area contributed by atoms with Crippen LogP contribution in [0.4, 0.5) is 4.39 Å². The highest BCUT2D eigenvalue weighted by Gasteiger charge is 2.14. The zero-order chi connectivity index (χ0) is 16.1. The van der Waals surface area contributed by atoms with E-state index in [-0.39, 0.29) is 12.4 Å². The minimum Gasteiger partial charge on any atom is -0.390 e. The second kappa shape index (κ2) is 7.48. The van der Waals surface area contributed by atoms with E-state index >= 15 is 0 Å². The van der Waals surface area contributed by atoms with Gasteiger partial charge in [0.2, 0.25) is 0 Å². The normalized spacial score (nSPS) is 15.7. The standard InChI is InChI=1S/C17H21FN4O/c18-15-6-3-14(4-7-15)5-8-17-16(13-23)19-20-22(17)12-11-21-9-1-2-10-21/h3-8,23H,1-2,9-13H2/b8-5+. The van der Waals surface area contributed by atoms with Crippen molar-refractivity contribution >= 4 is 12.2 Å².